The third kappa shape index (κ3) is 2.78. The molecule has 0 radical (unpaired) electrons. The lowest BCUT2D eigenvalue weighted by molar-refractivity contribution is 0.884. The van der Waals surface area contributed by atoms with Crippen LogP contribution in [0.3, 0.4) is 0 Å². The van der Waals surface area contributed by atoms with Gasteiger partial charge in [-0.25, -0.2) is 9.97 Å². The second-order valence-corrected chi connectivity index (χ2v) is 6.98. The maximum Gasteiger partial charge on any atom is 0.166 e. The second-order valence-electron chi connectivity index (χ2n) is 5.46. The first-order valence-electron chi connectivity index (χ1n) is 7.55. The van der Waals surface area contributed by atoms with Crippen molar-refractivity contribution in [1.82, 2.24) is 9.97 Å². The highest BCUT2D eigenvalue weighted by Crippen LogP contribution is 2.39. The van der Waals surface area contributed by atoms with E-state index in [1.807, 2.05) is 58.5 Å². The molecule has 0 saturated carbocycles. The Balaban J connectivity index is 1.80. The molecule has 1 aliphatic rings. The zero-order chi connectivity index (χ0) is 16.5. The Hall–Kier alpha value is -1.98. The topological polar surface area (TPSA) is 29.0 Å². The summed E-state index contributed by atoms with van der Waals surface area (Å²) in [5.41, 5.74) is 3.90. The van der Waals surface area contributed by atoms with Gasteiger partial charge in [-0.2, -0.15) is 0 Å². The Morgan fingerprint density at radius 3 is 2.25 bits per heavy atom. The minimum Gasteiger partial charge on any atom is -0.280 e. The van der Waals surface area contributed by atoms with E-state index >= 15 is 0 Å². The highest BCUT2D eigenvalue weighted by molar-refractivity contribution is 9.10. The van der Waals surface area contributed by atoms with E-state index in [2.05, 4.69) is 55.3 Å². The van der Waals surface area contributed by atoms with Gasteiger partial charge in [0.25, 0.3) is 0 Å². The molecule has 4 rings (SSSR count). The molecular formula is C19H13Br2N3. The Morgan fingerprint density at radius 2 is 1.54 bits per heavy atom. The van der Waals surface area contributed by atoms with Gasteiger partial charge in [-0.05, 0) is 27.6 Å². The number of nitrogens with zero attached hydrogens (tertiary/aromatic N) is 3. The van der Waals surface area contributed by atoms with Crippen molar-refractivity contribution in [2.45, 2.75) is 6.04 Å². The number of aromatic nitrogens is 2. The molecule has 1 unspecified atom stereocenters. The molecule has 0 N–H and O–H groups in total. The van der Waals surface area contributed by atoms with Crippen LogP contribution in [0.4, 0.5) is 5.82 Å². The lowest BCUT2D eigenvalue weighted by Gasteiger charge is -2.29. The van der Waals surface area contributed by atoms with Crippen LogP contribution in [0.5, 0.6) is 0 Å². The molecule has 0 spiro atoms. The Morgan fingerprint density at radius 1 is 0.875 bits per heavy atom. The van der Waals surface area contributed by atoms with E-state index in [0.29, 0.717) is 0 Å². The van der Waals surface area contributed by atoms with Crippen LogP contribution in [0.15, 0.2) is 71.3 Å². The van der Waals surface area contributed by atoms with Crippen LogP contribution in [0.25, 0.3) is 17.3 Å². The number of rotatable bonds is 2. The summed E-state index contributed by atoms with van der Waals surface area (Å²) < 4.78 is 2.74. The monoisotopic (exact) mass is 441 g/mol. The Bertz CT molecular complexity index is 895. The average Bonchev–Trinajstić information content (AvgIpc) is 2.63. The van der Waals surface area contributed by atoms with Crippen molar-refractivity contribution in [3.8, 4) is 11.3 Å². The molecule has 3 aromatic rings. The second kappa shape index (κ2) is 6.49. The van der Waals surface area contributed by atoms with E-state index in [1.54, 1.807) is 0 Å². The van der Waals surface area contributed by atoms with Gasteiger partial charge in [0.15, 0.2) is 5.82 Å². The van der Waals surface area contributed by atoms with Crippen molar-refractivity contribution in [1.29, 1.82) is 0 Å². The van der Waals surface area contributed by atoms with Crippen LogP contribution in [0, 0.1) is 0 Å². The molecular weight excluding hydrogens is 430 g/mol. The number of hydrogen-bond donors (Lipinski definition) is 0. The highest BCUT2D eigenvalue weighted by atomic mass is 79.9. The quantitative estimate of drug-likeness (QED) is 0.470. The SMILES string of the molecule is Brc1nc2c(nc1-c1ccccc1)N(Br)C(c1ccccc1)C=C2. The fraction of sp³-hybridized carbons (Fsp3) is 0.0526. The van der Waals surface area contributed by atoms with Crippen molar-refractivity contribution in [3.63, 3.8) is 0 Å². The number of hydrogen-bond acceptors (Lipinski definition) is 3. The first-order valence-corrected chi connectivity index (χ1v) is 9.05. The van der Waals surface area contributed by atoms with Gasteiger partial charge in [0, 0.05) is 5.56 Å². The van der Waals surface area contributed by atoms with Gasteiger partial charge >= 0.3 is 0 Å². The van der Waals surface area contributed by atoms with Crippen LogP contribution >= 0.6 is 32.1 Å². The summed E-state index contributed by atoms with van der Waals surface area (Å²) in [6.07, 6.45) is 4.15. The maximum absolute atomic E-state index is 4.86. The molecule has 0 amide bonds. The molecule has 24 heavy (non-hydrogen) atoms. The maximum atomic E-state index is 4.86. The summed E-state index contributed by atoms with van der Waals surface area (Å²) in [4.78, 5) is 9.52. The van der Waals surface area contributed by atoms with E-state index in [0.717, 1.165) is 27.4 Å². The fourth-order valence-corrected chi connectivity index (χ4v) is 3.89. The van der Waals surface area contributed by atoms with Gasteiger partial charge < -0.3 is 0 Å². The molecule has 0 fully saturated rings. The Labute approximate surface area is 157 Å². The van der Waals surface area contributed by atoms with Crippen LogP contribution < -0.4 is 3.93 Å². The van der Waals surface area contributed by atoms with Gasteiger partial charge in [0.1, 0.15) is 16.0 Å². The number of anilines is 1. The van der Waals surface area contributed by atoms with Crippen molar-refractivity contribution in [2.75, 3.05) is 3.93 Å². The third-order valence-corrected chi connectivity index (χ3v) is 5.26. The summed E-state index contributed by atoms with van der Waals surface area (Å²) in [6, 6.07) is 20.5. The van der Waals surface area contributed by atoms with Crippen molar-refractivity contribution in [2.24, 2.45) is 0 Å². The number of halogens is 2. The summed E-state index contributed by atoms with van der Waals surface area (Å²) in [5.74, 6) is 0.813. The minimum absolute atomic E-state index is 0.0813. The number of benzene rings is 2. The van der Waals surface area contributed by atoms with E-state index in [1.165, 1.54) is 5.56 Å². The van der Waals surface area contributed by atoms with Gasteiger partial charge in [-0.3, -0.25) is 3.93 Å². The number of fused-ring (bicyclic) bond motifs is 1. The van der Waals surface area contributed by atoms with Crippen LogP contribution in [-0.4, -0.2) is 9.97 Å². The van der Waals surface area contributed by atoms with Crippen LogP contribution in [0.2, 0.25) is 0 Å². The lowest BCUT2D eigenvalue weighted by atomic mass is 10.0. The van der Waals surface area contributed by atoms with Crippen molar-refractivity contribution < 1.29 is 0 Å². The minimum atomic E-state index is 0.0813. The average molecular weight is 443 g/mol. The zero-order valence-corrected chi connectivity index (χ0v) is 15.8. The predicted octanol–water partition coefficient (Wildman–Crippen LogP) is 5.79. The third-order valence-electron chi connectivity index (χ3n) is 3.93. The smallest absolute Gasteiger partial charge is 0.166 e. The van der Waals surface area contributed by atoms with Crippen LogP contribution in [-0.2, 0) is 0 Å². The molecule has 0 saturated heterocycles. The molecule has 1 aromatic heterocycles. The zero-order valence-electron chi connectivity index (χ0n) is 12.6. The predicted molar refractivity (Wildman–Crippen MR) is 105 cm³/mol. The van der Waals surface area contributed by atoms with Gasteiger partial charge in [0.2, 0.25) is 0 Å². The molecule has 5 heteroatoms. The molecule has 1 aliphatic heterocycles. The fourth-order valence-electron chi connectivity index (χ4n) is 2.75. The first kappa shape index (κ1) is 15.5. The van der Waals surface area contributed by atoms with Crippen molar-refractivity contribution >= 4 is 44.0 Å². The molecule has 0 bridgehead atoms. The van der Waals surface area contributed by atoms with E-state index in [4.69, 9.17) is 4.98 Å². The molecule has 1 atom stereocenters. The highest BCUT2D eigenvalue weighted by Gasteiger charge is 2.26. The van der Waals surface area contributed by atoms with Gasteiger partial charge in [-0.15, -0.1) is 0 Å². The lowest BCUT2D eigenvalue weighted by Crippen LogP contribution is -2.22. The first-order chi connectivity index (χ1) is 11.7. The standard InChI is InChI=1S/C19H13Br2N3/c20-18-17(14-9-5-2-6-10-14)23-19-15(22-18)11-12-16(24(19)21)13-7-3-1-4-8-13/h1-12,16H. The molecule has 2 aromatic carbocycles. The molecule has 3 nitrogen and oxygen atoms in total. The normalized spacial score (nSPS) is 16.1. The molecule has 2 heterocycles. The Kier molecular flexibility index (Phi) is 4.21. The summed E-state index contributed by atoms with van der Waals surface area (Å²) in [6.45, 7) is 0. The largest absolute Gasteiger partial charge is 0.280 e. The molecule has 0 aliphatic carbocycles. The van der Waals surface area contributed by atoms with E-state index in [-0.39, 0.29) is 6.04 Å². The van der Waals surface area contributed by atoms with Gasteiger partial charge in [0.05, 0.1) is 22.2 Å². The van der Waals surface area contributed by atoms with E-state index < -0.39 is 0 Å². The summed E-state index contributed by atoms with van der Waals surface area (Å²) >= 11 is 7.24. The van der Waals surface area contributed by atoms with Gasteiger partial charge in [-0.1, -0.05) is 66.7 Å². The molecule has 118 valence electrons. The van der Waals surface area contributed by atoms with Crippen molar-refractivity contribution in [3.05, 3.63) is 82.6 Å². The van der Waals surface area contributed by atoms with E-state index in [9.17, 15) is 0 Å². The summed E-state index contributed by atoms with van der Waals surface area (Å²) in [7, 11) is 0. The summed E-state index contributed by atoms with van der Waals surface area (Å²) in [5, 5.41) is 0. The van der Waals surface area contributed by atoms with Crippen LogP contribution in [0.1, 0.15) is 17.3 Å².